The molecule has 0 aliphatic carbocycles. The van der Waals surface area contributed by atoms with Gasteiger partial charge in [-0.1, -0.05) is 44.2 Å². The number of carbonyl (C=O) groups excluding carboxylic acids is 1. The van der Waals surface area contributed by atoms with Gasteiger partial charge in [0.1, 0.15) is 5.75 Å². The molecule has 1 N–H and O–H groups in total. The first-order chi connectivity index (χ1) is 15.8. The van der Waals surface area contributed by atoms with Crippen molar-refractivity contribution in [2.24, 2.45) is 0 Å². The number of aryl methyl sites for hydroxylation is 1. The highest BCUT2D eigenvalue weighted by molar-refractivity contribution is 7.92. The fourth-order valence-electron chi connectivity index (χ4n) is 3.88. The zero-order valence-electron chi connectivity index (χ0n) is 18.8. The Morgan fingerprint density at radius 3 is 2.39 bits per heavy atom. The molecule has 33 heavy (non-hydrogen) atoms. The lowest BCUT2D eigenvalue weighted by Gasteiger charge is -2.30. The van der Waals surface area contributed by atoms with Gasteiger partial charge in [0.05, 0.1) is 10.6 Å². The predicted molar refractivity (Wildman–Crippen MR) is 130 cm³/mol. The highest BCUT2D eigenvalue weighted by Crippen LogP contribution is 2.32. The molecule has 1 aliphatic heterocycles. The molecule has 0 spiro atoms. The third kappa shape index (κ3) is 5.20. The topological polar surface area (TPSA) is 75.7 Å². The molecular weight excluding hydrogens is 436 g/mol. The molecule has 1 heterocycles. The van der Waals surface area contributed by atoms with Crippen molar-refractivity contribution in [1.29, 1.82) is 0 Å². The number of sulfonamides is 1. The third-order valence-corrected chi connectivity index (χ3v) is 7.54. The molecule has 0 saturated carbocycles. The number of para-hydroxylation sites is 1. The fraction of sp³-hybridized carbons (Fsp3) is 0.269. The third-order valence-electron chi connectivity index (χ3n) is 5.71. The van der Waals surface area contributed by atoms with Gasteiger partial charge in [0.25, 0.3) is 15.9 Å². The lowest BCUT2D eigenvalue weighted by Crippen LogP contribution is -2.35. The fourth-order valence-corrected chi connectivity index (χ4v) is 5.42. The smallest absolute Gasteiger partial charge is 0.264 e. The minimum Gasteiger partial charge on any atom is -0.484 e. The Morgan fingerprint density at radius 2 is 1.70 bits per heavy atom. The van der Waals surface area contributed by atoms with E-state index in [1.165, 1.54) is 22.0 Å². The normalized spacial score (nSPS) is 13.5. The molecule has 0 unspecified atom stereocenters. The number of benzene rings is 3. The van der Waals surface area contributed by atoms with Gasteiger partial charge >= 0.3 is 0 Å². The molecule has 0 aromatic heterocycles. The number of fused-ring (bicyclic) bond motifs is 1. The number of hydrogen-bond donors (Lipinski definition) is 1. The Kier molecular flexibility index (Phi) is 6.70. The van der Waals surface area contributed by atoms with Crippen molar-refractivity contribution >= 4 is 27.3 Å². The Hall–Kier alpha value is -3.32. The summed E-state index contributed by atoms with van der Waals surface area (Å²) in [7, 11) is -3.68. The summed E-state index contributed by atoms with van der Waals surface area (Å²) in [5.74, 6) is 0.571. The SMILES string of the molecule is CC(C)c1ccc(NC(=O)COc2ccc(S(=O)(=O)N3CCCc4ccccc43)cc2)cc1. The molecule has 1 aliphatic rings. The predicted octanol–water partition coefficient (Wildman–Crippen LogP) is 4.97. The number of hydrogen-bond acceptors (Lipinski definition) is 4. The summed E-state index contributed by atoms with van der Waals surface area (Å²) in [5.41, 5.74) is 3.68. The number of ether oxygens (including phenoxy) is 1. The van der Waals surface area contributed by atoms with Crippen LogP contribution in [0.15, 0.2) is 77.7 Å². The molecule has 172 valence electrons. The van der Waals surface area contributed by atoms with E-state index in [1.807, 2.05) is 48.5 Å². The van der Waals surface area contributed by atoms with Gasteiger partial charge in [-0.05, 0) is 72.4 Å². The maximum Gasteiger partial charge on any atom is 0.264 e. The monoisotopic (exact) mass is 464 g/mol. The summed E-state index contributed by atoms with van der Waals surface area (Å²) in [5, 5.41) is 2.80. The summed E-state index contributed by atoms with van der Waals surface area (Å²) in [6.45, 7) is 4.51. The molecule has 0 radical (unpaired) electrons. The highest BCUT2D eigenvalue weighted by atomic mass is 32.2. The first-order valence-corrected chi connectivity index (χ1v) is 12.5. The van der Waals surface area contributed by atoms with Crippen LogP contribution in [0.2, 0.25) is 0 Å². The number of nitrogens with zero attached hydrogens (tertiary/aromatic N) is 1. The molecule has 3 aromatic carbocycles. The lowest BCUT2D eigenvalue weighted by atomic mass is 10.0. The molecule has 0 bridgehead atoms. The molecule has 3 aromatic rings. The Morgan fingerprint density at radius 1 is 1.00 bits per heavy atom. The van der Waals surface area contributed by atoms with Crippen molar-refractivity contribution < 1.29 is 17.9 Å². The Bertz CT molecular complexity index is 1220. The van der Waals surface area contributed by atoms with Gasteiger partial charge < -0.3 is 10.1 Å². The van der Waals surface area contributed by atoms with E-state index in [4.69, 9.17) is 4.74 Å². The number of amides is 1. The maximum atomic E-state index is 13.2. The van der Waals surface area contributed by atoms with E-state index in [-0.39, 0.29) is 17.4 Å². The minimum atomic E-state index is -3.68. The number of rotatable bonds is 7. The van der Waals surface area contributed by atoms with Crippen molar-refractivity contribution in [3.63, 3.8) is 0 Å². The van der Waals surface area contributed by atoms with Crippen LogP contribution in [0.4, 0.5) is 11.4 Å². The van der Waals surface area contributed by atoms with Gasteiger partial charge in [0.15, 0.2) is 6.61 Å². The van der Waals surface area contributed by atoms with E-state index in [1.54, 1.807) is 12.1 Å². The van der Waals surface area contributed by atoms with Crippen LogP contribution in [0.25, 0.3) is 0 Å². The molecule has 7 heteroatoms. The van der Waals surface area contributed by atoms with E-state index >= 15 is 0 Å². The summed E-state index contributed by atoms with van der Waals surface area (Å²) in [4.78, 5) is 12.4. The average Bonchev–Trinajstić information content (AvgIpc) is 2.83. The minimum absolute atomic E-state index is 0.169. The van der Waals surface area contributed by atoms with Crippen LogP contribution in [-0.2, 0) is 21.2 Å². The van der Waals surface area contributed by atoms with Gasteiger partial charge in [-0.15, -0.1) is 0 Å². The van der Waals surface area contributed by atoms with E-state index in [2.05, 4.69) is 19.2 Å². The van der Waals surface area contributed by atoms with Crippen molar-refractivity contribution in [2.75, 3.05) is 22.8 Å². The first kappa shape index (κ1) is 22.9. The standard InChI is InChI=1S/C26H28N2O4S/c1-19(2)20-9-11-22(12-10-20)27-26(29)18-32-23-13-15-24(16-14-23)33(30,31)28-17-5-7-21-6-3-4-8-25(21)28/h3-4,6,8-16,19H,5,7,17-18H2,1-2H3,(H,27,29). The highest BCUT2D eigenvalue weighted by Gasteiger charge is 2.28. The summed E-state index contributed by atoms with van der Waals surface area (Å²) in [6, 6.07) is 21.5. The molecule has 6 nitrogen and oxygen atoms in total. The van der Waals surface area contributed by atoms with Crippen LogP contribution >= 0.6 is 0 Å². The lowest BCUT2D eigenvalue weighted by molar-refractivity contribution is -0.118. The zero-order valence-corrected chi connectivity index (χ0v) is 19.6. The number of carbonyl (C=O) groups is 1. The van der Waals surface area contributed by atoms with Crippen LogP contribution in [0.3, 0.4) is 0 Å². The molecule has 4 rings (SSSR count). The van der Waals surface area contributed by atoms with Gasteiger partial charge in [-0.25, -0.2) is 8.42 Å². The molecule has 0 saturated heterocycles. The number of anilines is 2. The average molecular weight is 465 g/mol. The van der Waals surface area contributed by atoms with Gasteiger partial charge in [-0.2, -0.15) is 0 Å². The summed E-state index contributed by atoms with van der Waals surface area (Å²) in [6.07, 6.45) is 1.66. The second-order valence-corrected chi connectivity index (χ2v) is 10.3. The van der Waals surface area contributed by atoms with Crippen LogP contribution in [-0.4, -0.2) is 27.5 Å². The van der Waals surface area contributed by atoms with Gasteiger partial charge in [0.2, 0.25) is 0 Å². The van der Waals surface area contributed by atoms with Crippen LogP contribution in [0, 0.1) is 0 Å². The summed E-state index contributed by atoms with van der Waals surface area (Å²) >= 11 is 0. The van der Waals surface area contributed by atoms with Crippen molar-refractivity contribution in [3.8, 4) is 5.75 Å². The quantitative estimate of drug-likeness (QED) is 0.536. The largest absolute Gasteiger partial charge is 0.484 e. The second-order valence-electron chi connectivity index (χ2n) is 8.39. The van der Waals surface area contributed by atoms with Crippen LogP contribution in [0.1, 0.15) is 37.3 Å². The van der Waals surface area contributed by atoms with Crippen LogP contribution in [0.5, 0.6) is 5.75 Å². The second kappa shape index (κ2) is 9.67. The van der Waals surface area contributed by atoms with Crippen molar-refractivity contribution in [3.05, 3.63) is 83.9 Å². The molecule has 0 atom stereocenters. The van der Waals surface area contributed by atoms with Gasteiger partial charge in [-0.3, -0.25) is 9.10 Å². The van der Waals surface area contributed by atoms with E-state index in [9.17, 15) is 13.2 Å². The first-order valence-electron chi connectivity index (χ1n) is 11.1. The van der Waals surface area contributed by atoms with Crippen molar-refractivity contribution in [2.45, 2.75) is 37.5 Å². The maximum absolute atomic E-state index is 13.2. The van der Waals surface area contributed by atoms with E-state index in [0.717, 1.165) is 24.1 Å². The van der Waals surface area contributed by atoms with E-state index < -0.39 is 10.0 Å². The number of nitrogens with one attached hydrogen (secondary N) is 1. The molecule has 1 amide bonds. The van der Waals surface area contributed by atoms with Gasteiger partial charge in [0, 0.05) is 12.2 Å². The van der Waals surface area contributed by atoms with Crippen molar-refractivity contribution in [1.82, 2.24) is 0 Å². The Labute approximate surface area is 195 Å². The zero-order chi connectivity index (χ0) is 23.4. The Balaban J connectivity index is 1.38. The summed E-state index contributed by atoms with van der Waals surface area (Å²) < 4.78 is 33.5. The molecular formula is C26H28N2O4S. The van der Waals surface area contributed by atoms with E-state index in [0.29, 0.717) is 23.9 Å². The van der Waals surface area contributed by atoms with Crippen LogP contribution < -0.4 is 14.4 Å². The molecule has 0 fully saturated rings.